The maximum atomic E-state index is 9.10. The third-order valence-corrected chi connectivity index (χ3v) is 29.8. The monoisotopic (exact) mass is 1210 g/mol. The fourth-order valence-electron chi connectivity index (χ4n) is 15.3. The summed E-state index contributed by atoms with van der Waals surface area (Å²) in [4.78, 5) is 9.69. The summed E-state index contributed by atoms with van der Waals surface area (Å²) in [5.74, 6) is 0.348. The highest BCUT2D eigenvalue weighted by atomic mass is 79.9. The summed E-state index contributed by atoms with van der Waals surface area (Å²) in [6, 6.07) is 55.3. The van der Waals surface area contributed by atoms with Crippen molar-refractivity contribution in [3.63, 3.8) is 0 Å². The van der Waals surface area contributed by atoms with E-state index in [2.05, 4.69) is 221 Å². The zero-order valence-electron chi connectivity index (χ0n) is 50.4. The Morgan fingerprint density at radius 3 is 1.12 bits per heavy atom. The lowest BCUT2D eigenvalue weighted by Gasteiger charge is -2.52. The number of fused-ring (bicyclic) bond motifs is 6. The van der Waals surface area contributed by atoms with Gasteiger partial charge in [-0.3, -0.25) is 0 Å². The molecule has 0 bridgehead atoms. The first kappa shape index (κ1) is 50.2. The number of nitrogens with two attached hydrogens (primary N) is 2. The van der Waals surface area contributed by atoms with E-state index >= 15 is 0 Å². The number of ether oxygens (including phenoxy) is 2. The maximum absolute atomic E-state index is 9.10. The van der Waals surface area contributed by atoms with Gasteiger partial charge in [0.05, 0.1) is 5.48 Å². The number of rotatable bonds is 8. The lowest BCUT2D eigenvalue weighted by Crippen LogP contribution is -2.68. The van der Waals surface area contributed by atoms with Crippen molar-refractivity contribution in [2.24, 2.45) is 44.1 Å². The third-order valence-electron chi connectivity index (χ3n) is 18.7. The first-order chi connectivity index (χ1) is 38.7. The highest BCUT2D eigenvalue weighted by Crippen LogP contribution is 2.64. The molecule has 2 heterocycles. The molecule has 8 nitrogen and oxygen atoms in total. The van der Waals surface area contributed by atoms with Gasteiger partial charge in [-0.15, -0.1) is 0 Å². The Morgan fingerprint density at radius 2 is 0.846 bits per heavy atom. The second-order valence-electron chi connectivity index (χ2n) is 25.3. The van der Waals surface area contributed by atoms with Crippen LogP contribution in [0.15, 0.2) is 177 Å². The maximum Gasteiger partial charge on any atom is 0.283 e. The molecule has 4 N–H and O–H groups in total. The van der Waals surface area contributed by atoms with E-state index in [0.717, 1.165) is 82.6 Å². The standard InChI is InChI=1S/2C33H39BrN2O2Si/c2*1-23-20-32(21-24-15-16-25(34)19-28(24)33(32)22-37-30(35)36-33)18-17-29(23)38-39(31(2,3)4,26-11-7-5-8-12-26)27-13-9-6-10-14-27/h2*5-16,19,23,29H,17-18,20-22H2,1-4H3,(H2,35,36)/t2*23-,29-,32-,33?/m11/s1/i2*22D2. The molecule has 6 aromatic rings. The Bertz CT molecular complexity index is 3100. The van der Waals surface area contributed by atoms with E-state index in [1.54, 1.807) is 0 Å². The van der Waals surface area contributed by atoms with Gasteiger partial charge in [0.25, 0.3) is 28.7 Å². The van der Waals surface area contributed by atoms with Gasteiger partial charge in [-0.25, -0.2) is 9.98 Å². The molecule has 12 rings (SSSR count). The Hall–Kier alpha value is -4.83. The molecule has 0 saturated heterocycles. The Balaban J connectivity index is 0.000000172. The lowest BCUT2D eigenvalue weighted by molar-refractivity contribution is -0.0187. The van der Waals surface area contributed by atoms with Crippen LogP contribution >= 0.6 is 31.9 Å². The van der Waals surface area contributed by atoms with Gasteiger partial charge in [0.1, 0.15) is 24.2 Å². The Morgan fingerprint density at radius 1 is 0.526 bits per heavy atom. The third kappa shape index (κ3) is 9.02. The molecule has 12 heteroatoms. The molecule has 0 radical (unpaired) electrons. The molecule has 8 atom stereocenters. The number of aliphatic imine (C=N–C) groups is 2. The predicted molar refractivity (Wildman–Crippen MR) is 330 cm³/mol. The fourth-order valence-corrected chi connectivity index (χ4v) is 25.6. The van der Waals surface area contributed by atoms with Crippen molar-refractivity contribution in [1.29, 1.82) is 0 Å². The van der Waals surface area contributed by atoms with E-state index in [1.807, 2.05) is 24.3 Å². The number of benzene rings is 6. The van der Waals surface area contributed by atoms with E-state index in [4.69, 9.17) is 45.3 Å². The van der Waals surface area contributed by atoms with Gasteiger partial charge in [0.2, 0.25) is 0 Å². The van der Waals surface area contributed by atoms with Crippen LogP contribution in [-0.4, -0.2) is 54.0 Å². The second kappa shape index (κ2) is 20.6. The van der Waals surface area contributed by atoms with Crippen LogP contribution in [0.25, 0.3) is 0 Å². The molecule has 4 spiro atoms. The van der Waals surface area contributed by atoms with E-state index < -0.39 is 51.7 Å². The molecule has 78 heavy (non-hydrogen) atoms. The van der Waals surface area contributed by atoms with Crippen molar-refractivity contribution in [2.75, 3.05) is 13.1 Å². The number of hydrogen-bond acceptors (Lipinski definition) is 8. The Labute approximate surface area is 488 Å². The van der Waals surface area contributed by atoms with Crippen LogP contribution in [0.3, 0.4) is 0 Å². The predicted octanol–water partition coefficient (Wildman–Crippen LogP) is 12.6. The van der Waals surface area contributed by atoms with Crippen molar-refractivity contribution in [2.45, 2.75) is 140 Å². The zero-order valence-corrected chi connectivity index (χ0v) is 51.6. The van der Waals surface area contributed by atoms with E-state index in [1.165, 1.54) is 20.7 Å². The first-order valence-electron chi connectivity index (χ1n) is 29.9. The minimum atomic E-state index is -2.73. The molecule has 408 valence electrons. The van der Waals surface area contributed by atoms with Crippen molar-refractivity contribution in [3.05, 3.63) is 189 Å². The summed E-state index contributed by atoms with van der Waals surface area (Å²) < 4.78 is 64.7. The van der Waals surface area contributed by atoms with Crippen molar-refractivity contribution >= 4 is 81.3 Å². The highest BCUT2D eigenvalue weighted by molar-refractivity contribution is 9.10. The minimum Gasteiger partial charge on any atom is -0.462 e. The molecule has 2 unspecified atom stereocenters. The molecule has 6 aliphatic rings. The summed E-state index contributed by atoms with van der Waals surface area (Å²) in [5.41, 5.74) is 13.0. The molecule has 4 aliphatic carbocycles. The summed E-state index contributed by atoms with van der Waals surface area (Å²) in [7, 11) is -5.46. The zero-order chi connectivity index (χ0) is 58.5. The normalized spacial score (nSPS) is 30.4. The molecule has 2 aliphatic heterocycles. The van der Waals surface area contributed by atoms with Crippen LogP contribution in [-0.2, 0) is 42.2 Å². The van der Waals surface area contributed by atoms with Crippen LogP contribution in [0.5, 0.6) is 0 Å². The fraction of sp³-hybridized carbons (Fsp3) is 0.424. The average Bonchev–Trinajstić information content (AvgIpc) is 1.78. The molecule has 0 aromatic heterocycles. The van der Waals surface area contributed by atoms with Gasteiger partial charge in [0.15, 0.2) is 0 Å². The van der Waals surface area contributed by atoms with Crippen LogP contribution in [0.2, 0.25) is 10.1 Å². The number of halogens is 2. The lowest BCUT2D eigenvalue weighted by atomic mass is 9.59. The van der Waals surface area contributed by atoms with Crippen molar-refractivity contribution in [3.8, 4) is 0 Å². The van der Waals surface area contributed by atoms with Gasteiger partial charge in [0, 0.05) is 32.0 Å². The molecular formula is C66H78Br2N4O4Si2. The van der Waals surface area contributed by atoms with Gasteiger partial charge in [-0.05, 0) is 141 Å². The SMILES string of the molecule is [2H]C1([2H])OC(N)=NC12c1cc(Br)ccc1C[C@]21CC[C@@H](O[Si](c2ccccc2)(c2ccccc2)C(C)(C)C)[C@H](C)C1.[2H]C1([2H])OC(N)=NC12c1cc(Br)ccc1C[C@]21CC[C@@H](O[Si](c2ccccc2)(c2ccccc2)C(C)(C)C)[C@H](C)C1. The van der Waals surface area contributed by atoms with Crippen molar-refractivity contribution < 1.29 is 23.8 Å². The van der Waals surface area contributed by atoms with E-state index in [9.17, 15) is 0 Å². The van der Waals surface area contributed by atoms with Crippen LogP contribution in [0.4, 0.5) is 0 Å². The van der Waals surface area contributed by atoms with Gasteiger partial charge >= 0.3 is 0 Å². The number of amidine groups is 2. The topological polar surface area (TPSA) is 114 Å². The molecule has 2 saturated carbocycles. The quantitative estimate of drug-likeness (QED) is 0.147. The second-order valence-corrected chi connectivity index (χ2v) is 35.7. The van der Waals surface area contributed by atoms with Crippen LogP contribution in [0, 0.1) is 22.7 Å². The smallest absolute Gasteiger partial charge is 0.283 e. The molecule has 2 fully saturated rings. The summed E-state index contributed by atoms with van der Waals surface area (Å²) >= 11 is 7.24. The average molecular weight is 1210 g/mol. The first-order valence-corrected chi connectivity index (χ1v) is 33.3. The minimum absolute atomic E-state index is 0.0222. The summed E-state index contributed by atoms with van der Waals surface area (Å²) in [6.45, 7) is 14.3. The van der Waals surface area contributed by atoms with Gasteiger partial charge in [-0.1, -0.05) is 221 Å². The Kier molecular flexibility index (Phi) is 13.3. The van der Waals surface area contributed by atoms with Crippen LogP contribution in [0.1, 0.15) is 122 Å². The van der Waals surface area contributed by atoms with Gasteiger partial charge in [-0.2, -0.15) is 0 Å². The van der Waals surface area contributed by atoms with Crippen LogP contribution < -0.4 is 32.2 Å². The summed E-state index contributed by atoms with van der Waals surface area (Å²) in [6.07, 6.45) is 6.23. The largest absolute Gasteiger partial charge is 0.462 e. The van der Waals surface area contributed by atoms with E-state index in [0.29, 0.717) is 0 Å². The molecular weight excluding hydrogens is 1130 g/mol. The number of hydrogen-bond donors (Lipinski definition) is 2. The van der Waals surface area contributed by atoms with E-state index in [-0.39, 0.29) is 46.2 Å². The van der Waals surface area contributed by atoms with Crippen molar-refractivity contribution in [1.82, 2.24) is 0 Å². The molecule has 6 aromatic carbocycles. The molecule has 0 amide bonds. The van der Waals surface area contributed by atoms with Gasteiger partial charge < -0.3 is 29.8 Å². The summed E-state index contributed by atoms with van der Waals surface area (Å²) in [5, 5.41) is 4.88. The highest BCUT2D eigenvalue weighted by Gasteiger charge is 2.65. The number of nitrogens with zero attached hydrogens (tertiary/aromatic N) is 2.